The molecule has 3 aromatic carbocycles. The zero-order valence-corrected chi connectivity index (χ0v) is 25.7. The Hall–Kier alpha value is -2.98. The number of piperidine rings is 1. The highest BCUT2D eigenvalue weighted by atomic mass is 35.5. The smallest absolute Gasteiger partial charge is 0.296 e. The van der Waals surface area contributed by atoms with Crippen LogP contribution < -0.4 is 14.2 Å². The lowest BCUT2D eigenvalue weighted by molar-refractivity contribution is 0.0608. The number of carbonyl (C=O) groups is 1. The maximum Gasteiger partial charge on any atom is 0.296 e. The molecular formula is C30H33Cl2NO7S. The van der Waals surface area contributed by atoms with Crippen LogP contribution in [0.5, 0.6) is 17.2 Å². The van der Waals surface area contributed by atoms with Gasteiger partial charge < -0.3 is 19.1 Å². The van der Waals surface area contributed by atoms with Crippen molar-refractivity contribution < 1.29 is 31.6 Å². The second-order valence-electron chi connectivity index (χ2n) is 9.99. The van der Waals surface area contributed by atoms with Crippen molar-refractivity contribution in [3.8, 4) is 17.2 Å². The Bertz CT molecular complexity index is 1490. The van der Waals surface area contributed by atoms with Crippen LogP contribution in [0.1, 0.15) is 40.7 Å². The first kappa shape index (κ1) is 31.0. The molecule has 0 aromatic heterocycles. The molecule has 1 amide bonds. The molecule has 220 valence electrons. The van der Waals surface area contributed by atoms with Gasteiger partial charge in [0.25, 0.3) is 16.0 Å². The van der Waals surface area contributed by atoms with Crippen LogP contribution in [-0.4, -0.2) is 60.3 Å². The van der Waals surface area contributed by atoms with E-state index in [2.05, 4.69) is 0 Å². The fourth-order valence-electron chi connectivity index (χ4n) is 5.22. The average molecular weight is 623 g/mol. The van der Waals surface area contributed by atoms with Crippen LogP contribution in [0, 0.1) is 6.92 Å². The Balaban J connectivity index is 1.64. The average Bonchev–Trinajstić information content (AvgIpc) is 2.97. The number of hydrogen-bond donors (Lipinski definition) is 0. The molecule has 1 atom stereocenters. The summed E-state index contributed by atoms with van der Waals surface area (Å²) in [6.45, 7) is 2.63. The minimum Gasteiger partial charge on any atom is -0.493 e. The van der Waals surface area contributed by atoms with Crippen molar-refractivity contribution in [2.75, 3.05) is 41.0 Å². The van der Waals surface area contributed by atoms with Gasteiger partial charge in [-0.1, -0.05) is 47.0 Å². The molecular weight excluding hydrogens is 589 g/mol. The summed E-state index contributed by atoms with van der Waals surface area (Å²) in [6, 6.07) is 15.1. The lowest BCUT2D eigenvalue weighted by Crippen LogP contribution is -2.49. The predicted octanol–water partition coefficient (Wildman–Crippen LogP) is 6.30. The summed E-state index contributed by atoms with van der Waals surface area (Å²) in [6.07, 6.45) is 1.70. The molecule has 3 aromatic rings. The summed E-state index contributed by atoms with van der Waals surface area (Å²) in [5.74, 6) is 0.916. The summed E-state index contributed by atoms with van der Waals surface area (Å²) in [5, 5.41) is 0.787. The number of likely N-dealkylation sites (tertiary alicyclic amines) is 1. The van der Waals surface area contributed by atoms with Gasteiger partial charge in [0.1, 0.15) is 0 Å². The summed E-state index contributed by atoms with van der Waals surface area (Å²) >= 11 is 12.6. The van der Waals surface area contributed by atoms with Gasteiger partial charge in [-0.3, -0.25) is 8.98 Å². The van der Waals surface area contributed by atoms with Crippen molar-refractivity contribution in [3.63, 3.8) is 0 Å². The lowest BCUT2D eigenvalue weighted by atomic mass is 9.71. The number of hydrogen-bond acceptors (Lipinski definition) is 7. The molecule has 1 unspecified atom stereocenters. The van der Waals surface area contributed by atoms with Gasteiger partial charge >= 0.3 is 0 Å². The second-order valence-corrected chi connectivity index (χ2v) is 12.4. The molecule has 0 N–H and O–H groups in total. The van der Waals surface area contributed by atoms with Gasteiger partial charge in [0.15, 0.2) is 11.5 Å². The Morgan fingerprint density at radius 3 is 2.17 bits per heavy atom. The van der Waals surface area contributed by atoms with Gasteiger partial charge in [0.2, 0.25) is 5.75 Å². The highest BCUT2D eigenvalue weighted by Crippen LogP contribution is 2.42. The van der Waals surface area contributed by atoms with E-state index in [0.717, 1.165) is 11.1 Å². The van der Waals surface area contributed by atoms with Crippen LogP contribution in [0.15, 0.2) is 59.5 Å². The topological polar surface area (TPSA) is 91.4 Å². The van der Waals surface area contributed by atoms with Crippen molar-refractivity contribution in [1.82, 2.24) is 4.90 Å². The highest BCUT2D eigenvalue weighted by Gasteiger charge is 2.40. The van der Waals surface area contributed by atoms with E-state index >= 15 is 0 Å². The van der Waals surface area contributed by atoms with Gasteiger partial charge in [-0.15, -0.1) is 0 Å². The Morgan fingerprint density at radius 1 is 0.927 bits per heavy atom. The minimum absolute atomic E-state index is 0.0807. The maximum absolute atomic E-state index is 13.8. The minimum atomic E-state index is -3.96. The van der Waals surface area contributed by atoms with Crippen molar-refractivity contribution in [2.24, 2.45) is 0 Å². The molecule has 0 radical (unpaired) electrons. The van der Waals surface area contributed by atoms with Gasteiger partial charge in [-0.25, -0.2) is 0 Å². The SMILES string of the molecule is COc1cc(C(=O)N2CCCC(CCOS(=O)(=O)c3ccc(C)cc3)(c3ccc(Cl)c(Cl)c3)C2)cc(OC)c1OC. The van der Waals surface area contributed by atoms with Crippen LogP contribution >= 0.6 is 23.2 Å². The van der Waals surface area contributed by atoms with E-state index in [-0.39, 0.29) is 17.4 Å². The Morgan fingerprint density at radius 2 is 1.59 bits per heavy atom. The van der Waals surface area contributed by atoms with Crippen molar-refractivity contribution in [1.29, 1.82) is 0 Å². The number of amides is 1. The van der Waals surface area contributed by atoms with Crippen molar-refractivity contribution >= 4 is 39.2 Å². The summed E-state index contributed by atoms with van der Waals surface area (Å²) in [5.41, 5.74) is 1.54. The van der Waals surface area contributed by atoms with Crippen LogP contribution in [0.25, 0.3) is 0 Å². The molecule has 0 bridgehead atoms. The molecule has 1 aliphatic heterocycles. The summed E-state index contributed by atoms with van der Waals surface area (Å²) in [4.78, 5) is 15.7. The summed E-state index contributed by atoms with van der Waals surface area (Å²) < 4.78 is 47.6. The first-order chi connectivity index (χ1) is 19.5. The first-order valence-electron chi connectivity index (χ1n) is 13.0. The molecule has 4 rings (SSSR count). The number of halogens is 2. The standard InChI is InChI=1S/C30H33Cl2NO7S/c1-20-6-9-23(10-7-20)41(35,36)40-15-13-30(22-8-11-24(31)25(32)18-22)12-5-14-33(19-30)29(34)21-16-26(37-2)28(39-4)27(17-21)38-3/h6-11,16-18H,5,12-15,19H2,1-4H3. The van der Waals surface area contributed by atoms with E-state index in [1.54, 1.807) is 41.3 Å². The van der Waals surface area contributed by atoms with E-state index in [0.29, 0.717) is 65.2 Å². The second kappa shape index (κ2) is 12.9. The predicted molar refractivity (Wildman–Crippen MR) is 158 cm³/mol. The number of nitrogens with zero attached hydrogens (tertiary/aromatic N) is 1. The number of ether oxygens (including phenoxy) is 3. The molecule has 0 spiro atoms. The number of carbonyl (C=O) groups excluding carboxylic acids is 1. The fourth-order valence-corrected chi connectivity index (χ4v) is 6.43. The molecule has 1 fully saturated rings. The number of methoxy groups -OCH3 is 3. The third-order valence-corrected chi connectivity index (χ3v) is 9.50. The largest absolute Gasteiger partial charge is 0.493 e. The third-order valence-electron chi connectivity index (χ3n) is 7.44. The van der Waals surface area contributed by atoms with Crippen LogP contribution in [0.3, 0.4) is 0 Å². The van der Waals surface area contributed by atoms with Gasteiger partial charge in [0, 0.05) is 24.1 Å². The molecule has 41 heavy (non-hydrogen) atoms. The number of rotatable bonds is 10. The number of benzene rings is 3. The van der Waals surface area contributed by atoms with Gasteiger partial charge in [-0.05, 0) is 68.1 Å². The fraction of sp³-hybridized carbons (Fsp3) is 0.367. The zero-order chi connectivity index (χ0) is 29.8. The maximum atomic E-state index is 13.8. The molecule has 1 aliphatic rings. The Kier molecular flexibility index (Phi) is 9.74. The molecule has 0 aliphatic carbocycles. The van der Waals surface area contributed by atoms with Crippen molar-refractivity contribution in [3.05, 3.63) is 81.3 Å². The van der Waals surface area contributed by atoms with E-state index < -0.39 is 15.5 Å². The van der Waals surface area contributed by atoms with E-state index in [1.807, 2.05) is 13.0 Å². The van der Waals surface area contributed by atoms with Gasteiger partial charge in [-0.2, -0.15) is 8.42 Å². The molecule has 1 saturated heterocycles. The van der Waals surface area contributed by atoms with E-state index in [9.17, 15) is 13.2 Å². The van der Waals surface area contributed by atoms with Crippen LogP contribution in [0.4, 0.5) is 0 Å². The molecule has 0 saturated carbocycles. The van der Waals surface area contributed by atoms with E-state index in [4.69, 9.17) is 41.6 Å². The quantitative estimate of drug-likeness (QED) is 0.245. The first-order valence-corrected chi connectivity index (χ1v) is 15.2. The monoisotopic (exact) mass is 621 g/mol. The molecule has 1 heterocycles. The van der Waals surface area contributed by atoms with Crippen LogP contribution in [-0.2, 0) is 19.7 Å². The number of aryl methyl sites for hydroxylation is 1. The lowest BCUT2D eigenvalue weighted by Gasteiger charge is -2.43. The Labute approximate surface area is 251 Å². The zero-order valence-electron chi connectivity index (χ0n) is 23.4. The summed E-state index contributed by atoms with van der Waals surface area (Å²) in [7, 11) is 0.520. The van der Waals surface area contributed by atoms with E-state index in [1.165, 1.54) is 33.5 Å². The highest BCUT2D eigenvalue weighted by molar-refractivity contribution is 7.86. The third kappa shape index (κ3) is 6.75. The molecule has 11 heteroatoms. The van der Waals surface area contributed by atoms with Crippen LogP contribution in [0.2, 0.25) is 10.0 Å². The normalized spacial score (nSPS) is 17.3. The van der Waals surface area contributed by atoms with Crippen molar-refractivity contribution in [2.45, 2.75) is 36.5 Å². The van der Waals surface area contributed by atoms with Gasteiger partial charge in [0.05, 0.1) is 42.9 Å². The molecule has 8 nitrogen and oxygen atoms in total.